The van der Waals surface area contributed by atoms with Gasteiger partial charge in [-0.15, -0.1) is 26.3 Å². The number of pyridine rings is 2. The van der Waals surface area contributed by atoms with E-state index in [1.807, 2.05) is 24.5 Å². The van der Waals surface area contributed by atoms with Crippen molar-refractivity contribution in [1.82, 2.24) is 39.7 Å². The molecule has 5 aromatic heterocycles. The number of aromatic nitrogens is 8. The molecule has 0 atom stereocenters. The largest absolute Gasteiger partial charge is 0.573 e. The summed E-state index contributed by atoms with van der Waals surface area (Å²) >= 11 is -3.29. The molecule has 0 aliphatic carbocycles. The molecular weight excluding hydrogens is 1740 g/mol. The summed E-state index contributed by atoms with van der Waals surface area (Å²) in [7, 11) is 6.89. The average molecular weight is 1860 g/mol. The van der Waals surface area contributed by atoms with Crippen LogP contribution in [0.2, 0.25) is 39.9 Å². The summed E-state index contributed by atoms with van der Waals surface area (Å²) in [5.74, 6) is -0.685. The van der Waals surface area contributed by atoms with Gasteiger partial charge in [-0.25, -0.2) is 0 Å². The zero-order valence-electron chi connectivity index (χ0n) is 62.9. The van der Waals surface area contributed by atoms with E-state index in [1.165, 1.54) is 211 Å². The summed E-state index contributed by atoms with van der Waals surface area (Å²) in [5.41, 5.74) is 15.0. The standard InChI is InChI=1S/C17H12F3N3O2.C13H9BrF3NO2.C4H4N2.C4H3N2.C4H7N2.9C4H9.CH4.ClH.3Sn/c1-11-8-16(24)23(10-15(11)12-6-7-21-22-9-12)13-2-4-14(5-3-13)25-17(18,19)20;1-8-6-12(19)18(7-11(8)14)9-2-4-10(5-3-9)20-13(15,16)17;2*1-2-4-6-5-3-1;5-3-1-2-4-6;9*1-3-4-2;;;;;/h2-10H,1H3;2-7H,1H3;1-4H;1,3-4H;1,3-4H,5-6H2;9*1,3-4H2,2H3;1H4;1H;;;/q;;;;;;;;;;;;;;;;;;+1/p-1/b;;;;3-1-,4-2?;;;;;;;;;;;;;;. The number of unbranched alkanes of at least 4 members (excludes halogenated alkanes) is 9. The number of hydrogen-bond acceptors (Lipinski definition) is 12. The second-order valence-electron chi connectivity index (χ2n) is 26.0. The van der Waals surface area contributed by atoms with Gasteiger partial charge in [-0.2, -0.15) is 20.4 Å². The minimum Gasteiger partial charge on any atom is -0.406 e. The Bertz CT molecular complexity index is 3460. The third-order valence-corrected chi connectivity index (χ3v) is 64.3. The second kappa shape index (κ2) is 54.6. The van der Waals surface area contributed by atoms with Gasteiger partial charge in [-0.3, -0.25) is 18.7 Å². The number of ether oxygens (including phenoxy) is 2. The summed E-state index contributed by atoms with van der Waals surface area (Å²) in [6.07, 6.45) is 34.0. The number of nitrogens with two attached hydrogens (primary N) is 2. The van der Waals surface area contributed by atoms with E-state index < -0.39 is 66.7 Å². The van der Waals surface area contributed by atoms with Crippen LogP contribution >= 0.6 is 24.9 Å². The summed E-state index contributed by atoms with van der Waals surface area (Å²) in [5, 5.41) is 22.8. The first-order chi connectivity index (χ1) is 49.3. The molecule has 0 unspecified atom stereocenters. The van der Waals surface area contributed by atoms with Crippen molar-refractivity contribution in [3.63, 3.8) is 0 Å². The second-order valence-corrected chi connectivity index (χ2v) is 69.5. The SMILES string of the molecule is C.CCC[CH2][Sn]([CH2]CCC)([CH2]CCC)[C](/C=C\N)=C/N.CCC[CH2][Sn]([CH2]CCC)([CH2]CCC)[c]1ccnnc1.CCC[CH2][Sn]([Cl])([CH2]CCC)[CH2]CCC.Cc1cc(=O)n(-c2ccc(OC(F)(F)F)cc2)cc1-c1ccnnc1.Cc1cc(=O)n(-c2ccc(OC(F)(F)F)cc2)cc1Br.c1ccnnc1. The third kappa shape index (κ3) is 38.2. The first kappa shape index (κ1) is 97.0. The van der Waals surface area contributed by atoms with E-state index in [9.17, 15) is 35.9 Å². The smallest absolute Gasteiger partial charge is 0.406 e. The molecule has 0 saturated carbocycles. The van der Waals surface area contributed by atoms with Gasteiger partial charge < -0.3 is 9.47 Å². The molecule has 14 nitrogen and oxygen atoms in total. The van der Waals surface area contributed by atoms with Gasteiger partial charge in [0.15, 0.2) is 0 Å². The quantitative estimate of drug-likeness (QED) is 0.0217. The van der Waals surface area contributed by atoms with Crippen LogP contribution in [0.25, 0.3) is 22.5 Å². The van der Waals surface area contributed by atoms with Crippen LogP contribution in [0.3, 0.4) is 0 Å². The topological polar surface area (TPSA) is 192 Å². The van der Waals surface area contributed by atoms with Crippen molar-refractivity contribution in [2.45, 2.75) is 252 Å². The van der Waals surface area contributed by atoms with E-state index in [1.54, 1.807) is 60.7 Å². The molecule has 104 heavy (non-hydrogen) atoms. The molecule has 0 fully saturated rings. The van der Waals surface area contributed by atoms with Crippen LogP contribution in [0.4, 0.5) is 26.3 Å². The number of halogens is 8. The van der Waals surface area contributed by atoms with E-state index >= 15 is 0 Å². The van der Waals surface area contributed by atoms with Crippen LogP contribution in [0.1, 0.15) is 196 Å². The Balaban J connectivity index is 0.000000641. The predicted octanol–water partition coefficient (Wildman–Crippen LogP) is 23.2. The Morgan fingerprint density at radius 1 is 0.500 bits per heavy atom. The van der Waals surface area contributed by atoms with Crippen molar-refractivity contribution in [3.05, 3.63) is 193 Å². The van der Waals surface area contributed by atoms with Crippen LogP contribution < -0.4 is 35.6 Å². The Morgan fingerprint density at radius 3 is 1.20 bits per heavy atom. The Morgan fingerprint density at radius 2 is 0.865 bits per heavy atom. The molecular formula is C79H120BrClF6N10O4Sn3. The molecule has 0 aliphatic rings. The van der Waals surface area contributed by atoms with Crippen LogP contribution in [0, 0.1) is 13.8 Å². The zero-order valence-corrected chi connectivity index (χ0v) is 73.8. The zero-order chi connectivity index (χ0) is 76.6. The van der Waals surface area contributed by atoms with Crippen molar-refractivity contribution in [1.29, 1.82) is 0 Å². The molecule has 0 radical (unpaired) electrons. The minimum atomic E-state index is -4.76. The molecule has 2 aromatic carbocycles. The van der Waals surface area contributed by atoms with Crippen LogP contribution in [-0.4, -0.2) is 106 Å². The number of aryl methyl sites for hydroxylation is 2. The van der Waals surface area contributed by atoms with Gasteiger partial charge in [0.2, 0.25) is 0 Å². The number of hydrogen-bond donors (Lipinski definition) is 2. The summed E-state index contributed by atoms with van der Waals surface area (Å²) < 4.78 is 100. The van der Waals surface area contributed by atoms with Gasteiger partial charge in [0.05, 0.1) is 12.4 Å². The maximum absolute atomic E-state index is 12.3. The molecule has 7 aromatic rings. The molecule has 25 heteroatoms. The molecule has 7 rings (SSSR count). The number of nitrogens with zero attached hydrogens (tertiary/aromatic N) is 8. The van der Waals surface area contributed by atoms with Gasteiger partial charge in [-0.05, 0) is 108 Å². The number of rotatable bonds is 35. The normalized spacial score (nSPS) is 11.6. The minimum absolute atomic E-state index is 0. The Kier molecular flexibility index (Phi) is 50.9. The summed E-state index contributed by atoms with van der Waals surface area (Å²) in [6, 6.07) is 20.7. The van der Waals surface area contributed by atoms with Crippen molar-refractivity contribution in [2.24, 2.45) is 11.5 Å². The van der Waals surface area contributed by atoms with Crippen LogP contribution in [0.5, 0.6) is 11.5 Å². The molecule has 4 N–H and O–H groups in total. The van der Waals surface area contributed by atoms with E-state index in [4.69, 9.17) is 20.4 Å². The molecule has 0 bridgehead atoms. The molecule has 578 valence electrons. The van der Waals surface area contributed by atoms with Gasteiger partial charge in [0, 0.05) is 63.9 Å². The van der Waals surface area contributed by atoms with E-state index in [-0.39, 0.29) is 30.0 Å². The average Bonchev–Trinajstić information content (AvgIpc) is 0.817. The maximum atomic E-state index is 12.3. The summed E-state index contributed by atoms with van der Waals surface area (Å²) in [4.78, 5) is 24.1. The maximum Gasteiger partial charge on any atom is 0.573 e. The molecule has 5 heterocycles. The van der Waals surface area contributed by atoms with Crippen molar-refractivity contribution >= 4 is 82.4 Å². The van der Waals surface area contributed by atoms with Crippen molar-refractivity contribution < 1.29 is 35.8 Å². The number of benzene rings is 2. The number of alkyl halides is 6. The first-order valence-corrected chi connectivity index (χ1v) is 62.3. The molecule has 0 spiro atoms. The van der Waals surface area contributed by atoms with E-state index in [0.29, 0.717) is 11.4 Å². The van der Waals surface area contributed by atoms with Gasteiger partial charge in [0.25, 0.3) is 11.1 Å². The predicted molar refractivity (Wildman–Crippen MR) is 432 cm³/mol. The Labute approximate surface area is 642 Å². The fraction of sp³-hybridized carbons (Fsp3) is 0.519. The first-order valence-electron chi connectivity index (χ1n) is 36.9. The van der Waals surface area contributed by atoms with E-state index in [2.05, 4.69) is 137 Å². The monoisotopic (exact) mass is 1860 g/mol. The Hall–Kier alpha value is -4.99. The van der Waals surface area contributed by atoms with Crippen molar-refractivity contribution in [3.8, 4) is 34.0 Å². The molecule has 0 aliphatic heterocycles. The third-order valence-electron chi connectivity index (χ3n) is 17.8. The van der Waals surface area contributed by atoms with Crippen molar-refractivity contribution in [2.75, 3.05) is 0 Å². The summed E-state index contributed by atoms with van der Waals surface area (Å²) in [6.45, 7) is 24.2. The number of allylic oxidation sites excluding steroid dienone is 2. The van der Waals surface area contributed by atoms with Gasteiger partial charge >= 0.3 is 359 Å². The molecule has 0 amide bonds. The van der Waals surface area contributed by atoms with Gasteiger partial charge in [0.1, 0.15) is 11.5 Å². The van der Waals surface area contributed by atoms with Crippen LogP contribution in [-0.2, 0) is 0 Å². The van der Waals surface area contributed by atoms with Gasteiger partial charge in [-0.1, -0.05) is 7.43 Å². The molecule has 0 saturated heterocycles. The fourth-order valence-electron chi connectivity index (χ4n) is 11.9. The van der Waals surface area contributed by atoms with Crippen LogP contribution in [0.15, 0.2) is 171 Å². The fourth-order valence-corrected chi connectivity index (χ4v) is 56.9. The van der Waals surface area contributed by atoms with E-state index in [0.717, 1.165) is 51.0 Å².